The van der Waals surface area contributed by atoms with E-state index in [0.717, 1.165) is 5.56 Å². The molecule has 0 aliphatic rings. The summed E-state index contributed by atoms with van der Waals surface area (Å²) in [5, 5.41) is 1.83. The Balaban J connectivity index is 2.53. The van der Waals surface area contributed by atoms with E-state index in [-0.39, 0.29) is 0 Å². The quantitative estimate of drug-likeness (QED) is 0.462. The van der Waals surface area contributed by atoms with Gasteiger partial charge in [-0.1, -0.05) is 36.4 Å². The highest BCUT2D eigenvalue weighted by atomic mass is 79.9. The molecular formula is C9H8BrNO2. The van der Waals surface area contributed by atoms with Crippen LogP contribution in [0.5, 0.6) is 0 Å². The molecule has 0 saturated carbocycles. The van der Waals surface area contributed by atoms with Gasteiger partial charge in [0.15, 0.2) is 5.34 Å². The SMILES string of the molecule is O=NOC(Br)C=Cc1ccccc1. The van der Waals surface area contributed by atoms with E-state index in [2.05, 4.69) is 26.1 Å². The maximum atomic E-state index is 9.69. The lowest BCUT2D eigenvalue weighted by Crippen LogP contribution is -1.92. The molecule has 68 valence electrons. The maximum Gasteiger partial charge on any atom is 0.203 e. The Bertz CT molecular complexity index is 287. The lowest BCUT2D eigenvalue weighted by Gasteiger charge is -1.97. The monoisotopic (exact) mass is 241 g/mol. The number of rotatable bonds is 4. The van der Waals surface area contributed by atoms with Crippen LogP contribution in [0.2, 0.25) is 0 Å². The van der Waals surface area contributed by atoms with Gasteiger partial charge in [-0.25, -0.2) is 0 Å². The van der Waals surface area contributed by atoms with Crippen molar-refractivity contribution >= 4 is 22.0 Å². The second kappa shape index (κ2) is 5.48. The van der Waals surface area contributed by atoms with E-state index in [0.29, 0.717) is 0 Å². The molecule has 1 aromatic carbocycles. The van der Waals surface area contributed by atoms with E-state index in [1.165, 1.54) is 0 Å². The number of hydrogen-bond donors (Lipinski definition) is 0. The summed E-state index contributed by atoms with van der Waals surface area (Å²) in [6, 6.07) is 9.70. The average Bonchev–Trinajstić information content (AvgIpc) is 2.17. The molecule has 0 aliphatic carbocycles. The first-order chi connectivity index (χ1) is 6.33. The van der Waals surface area contributed by atoms with Gasteiger partial charge < -0.3 is 4.84 Å². The third-order valence-electron chi connectivity index (χ3n) is 1.38. The smallest absolute Gasteiger partial charge is 0.203 e. The van der Waals surface area contributed by atoms with Gasteiger partial charge in [0.05, 0.1) is 0 Å². The molecule has 0 aliphatic heterocycles. The minimum Gasteiger partial charge on any atom is -0.345 e. The van der Waals surface area contributed by atoms with Crippen molar-refractivity contribution in [2.45, 2.75) is 5.01 Å². The van der Waals surface area contributed by atoms with Crippen molar-refractivity contribution in [1.29, 1.82) is 0 Å². The van der Waals surface area contributed by atoms with Crippen LogP contribution in [0.4, 0.5) is 0 Å². The summed E-state index contributed by atoms with van der Waals surface area (Å²) in [4.78, 5) is 14.1. The van der Waals surface area contributed by atoms with Crippen molar-refractivity contribution in [2.24, 2.45) is 5.34 Å². The van der Waals surface area contributed by atoms with Gasteiger partial charge in [-0.2, -0.15) is 0 Å². The van der Waals surface area contributed by atoms with Crippen molar-refractivity contribution < 1.29 is 4.84 Å². The normalized spacial score (nSPS) is 12.7. The van der Waals surface area contributed by atoms with E-state index < -0.39 is 5.01 Å². The van der Waals surface area contributed by atoms with Crippen LogP contribution in [0.25, 0.3) is 6.08 Å². The lowest BCUT2D eigenvalue weighted by atomic mass is 10.2. The van der Waals surface area contributed by atoms with E-state index in [1.54, 1.807) is 6.08 Å². The summed E-state index contributed by atoms with van der Waals surface area (Å²) in [6.45, 7) is 0. The van der Waals surface area contributed by atoms with Gasteiger partial charge in [-0.15, -0.1) is 4.91 Å². The Morgan fingerprint density at radius 3 is 2.69 bits per heavy atom. The molecule has 0 N–H and O–H groups in total. The van der Waals surface area contributed by atoms with E-state index in [9.17, 15) is 4.91 Å². The number of benzene rings is 1. The standard InChI is InChI=1S/C9H8BrNO2/c10-9(13-11-12)7-6-8-4-2-1-3-5-8/h1-7,9H. The molecule has 0 saturated heterocycles. The van der Waals surface area contributed by atoms with E-state index in [4.69, 9.17) is 0 Å². The predicted octanol–water partition coefficient (Wildman–Crippen LogP) is 3.12. The lowest BCUT2D eigenvalue weighted by molar-refractivity contribution is 0.151. The molecule has 1 atom stereocenters. The molecule has 0 heterocycles. The molecule has 0 aromatic heterocycles. The first-order valence-corrected chi connectivity index (χ1v) is 4.60. The Morgan fingerprint density at radius 1 is 1.38 bits per heavy atom. The Morgan fingerprint density at radius 2 is 2.08 bits per heavy atom. The van der Waals surface area contributed by atoms with Crippen LogP contribution < -0.4 is 0 Å². The van der Waals surface area contributed by atoms with Crippen LogP contribution in [0, 0.1) is 4.91 Å². The molecule has 0 spiro atoms. The number of alkyl halides is 1. The van der Waals surface area contributed by atoms with Gasteiger partial charge in [0, 0.05) is 0 Å². The van der Waals surface area contributed by atoms with Crippen LogP contribution in [0.15, 0.2) is 41.7 Å². The van der Waals surface area contributed by atoms with Crippen molar-refractivity contribution in [2.75, 3.05) is 0 Å². The summed E-state index contributed by atoms with van der Waals surface area (Å²) >= 11 is 3.09. The molecule has 4 heteroatoms. The van der Waals surface area contributed by atoms with Gasteiger partial charge in [0.1, 0.15) is 0 Å². The second-order valence-corrected chi connectivity index (χ2v) is 3.20. The van der Waals surface area contributed by atoms with Crippen LogP contribution in [0.3, 0.4) is 0 Å². The summed E-state index contributed by atoms with van der Waals surface area (Å²) in [5.74, 6) is 0. The number of hydrogen-bond acceptors (Lipinski definition) is 3. The highest BCUT2D eigenvalue weighted by molar-refractivity contribution is 9.09. The van der Waals surface area contributed by atoms with E-state index in [1.807, 2.05) is 36.4 Å². The van der Waals surface area contributed by atoms with Crippen LogP contribution in [0.1, 0.15) is 5.56 Å². The molecule has 1 aromatic rings. The largest absolute Gasteiger partial charge is 0.345 e. The minimum absolute atomic E-state index is 0.467. The average molecular weight is 242 g/mol. The van der Waals surface area contributed by atoms with Crippen molar-refractivity contribution in [3.8, 4) is 0 Å². The van der Waals surface area contributed by atoms with Crippen LogP contribution in [-0.2, 0) is 4.84 Å². The highest BCUT2D eigenvalue weighted by Gasteiger charge is 1.96. The summed E-state index contributed by atoms with van der Waals surface area (Å²) < 4.78 is 0. The fourth-order valence-corrected chi connectivity index (χ4v) is 1.05. The first-order valence-electron chi connectivity index (χ1n) is 3.69. The van der Waals surface area contributed by atoms with Crippen LogP contribution in [-0.4, -0.2) is 5.01 Å². The van der Waals surface area contributed by atoms with Gasteiger partial charge in [-0.3, -0.25) is 0 Å². The molecule has 0 bridgehead atoms. The van der Waals surface area contributed by atoms with Gasteiger partial charge in [0.25, 0.3) is 0 Å². The molecule has 3 nitrogen and oxygen atoms in total. The van der Waals surface area contributed by atoms with Crippen LogP contribution >= 0.6 is 15.9 Å². The maximum absolute atomic E-state index is 9.69. The number of halogens is 1. The third-order valence-corrected chi connectivity index (χ3v) is 1.86. The summed E-state index contributed by atoms with van der Waals surface area (Å²) in [6.07, 6.45) is 3.53. The zero-order valence-electron chi connectivity index (χ0n) is 6.76. The zero-order chi connectivity index (χ0) is 9.52. The predicted molar refractivity (Wildman–Crippen MR) is 55.1 cm³/mol. The van der Waals surface area contributed by atoms with Crippen molar-refractivity contribution in [3.05, 3.63) is 46.9 Å². The van der Waals surface area contributed by atoms with Crippen molar-refractivity contribution in [1.82, 2.24) is 0 Å². The Labute approximate surface area is 84.5 Å². The Hall–Kier alpha value is -1.16. The topological polar surface area (TPSA) is 38.7 Å². The molecule has 0 fully saturated rings. The van der Waals surface area contributed by atoms with Gasteiger partial charge >= 0.3 is 0 Å². The second-order valence-electron chi connectivity index (χ2n) is 2.30. The molecule has 1 unspecified atom stereocenters. The molecular weight excluding hydrogens is 234 g/mol. The van der Waals surface area contributed by atoms with Gasteiger partial charge in [-0.05, 0) is 27.6 Å². The van der Waals surface area contributed by atoms with Crippen molar-refractivity contribution in [3.63, 3.8) is 0 Å². The van der Waals surface area contributed by atoms with Gasteiger partial charge in [0.2, 0.25) is 5.01 Å². The fraction of sp³-hybridized carbons (Fsp3) is 0.111. The first kappa shape index (κ1) is 9.92. The molecule has 0 radical (unpaired) electrons. The highest BCUT2D eigenvalue weighted by Crippen LogP contribution is 2.08. The zero-order valence-corrected chi connectivity index (χ0v) is 8.35. The summed E-state index contributed by atoms with van der Waals surface area (Å²) in [7, 11) is 0. The fourth-order valence-electron chi connectivity index (χ4n) is 0.827. The minimum atomic E-state index is -0.467. The summed E-state index contributed by atoms with van der Waals surface area (Å²) in [5.41, 5.74) is 1.04. The molecule has 1 rings (SSSR count). The third kappa shape index (κ3) is 3.85. The molecule has 13 heavy (non-hydrogen) atoms. The Kier molecular flexibility index (Phi) is 4.18. The van der Waals surface area contributed by atoms with E-state index >= 15 is 0 Å². The molecule has 0 amide bonds. The number of nitrogens with zero attached hydrogens (tertiary/aromatic N) is 1.